The third kappa shape index (κ3) is 3.15. The Labute approximate surface area is 150 Å². The predicted octanol–water partition coefficient (Wildman–Crippen LogP) is 5.23. The van der Waals surface area contributed by atoms with Crippen molar-refractivity contribution in [3.63, 3.8) is 0 Å². The molecule has 25 heavy (non-hydrogen) atoms. The zero-order chi connectivity index (χ0) is 18.0. The Morgan fingerprint density at radius 3 is 2.60 bits per heavy atom. The number of rotatable bonds is 4. The maximum atomic E-state index is 12.1. The summed E-state index contributed by atoms with van der Waals surface area (Å²) in [5.41, 5.74) is 4.19. The molecule has 0 N–H and O–H groups in total. The Hall–Kier alpha value is -2.29. The Kier molecular flexibility index (Phi) is 4.85. The maximum Gasteiger partial charge on any atom is 0.337 e. The quantitative estimate of drug-likeness (QED) is 0.716. The molecular formula is C22H26O3. The summed E-state index contributed by atoms with van der Waals surface area (Å²) in [7, 11) is 3.11. The molecule has 0 radical (unpaired) electrons. The van der Waals surface area contributed by atoms with Gasteiger partial charge < -0.3 is 9.47 Å². The minimum atomic E-state index is -0.285. The van der Waals surface area contributed by atoms with Crippen molar-refractivity contribution in [2.24, 2.45) is 5.92 Å². The van der Waals surface area contributed by atoms with Crippen LogP contribution in [0.15, 0.2) is 42.5 Å². The van der Waals surface area contributed by atoms with Gasteiger partial charge in [-0.1, -0.05) is 38.5 Å². The summed E-state index contributed by atoms with van der Waals surface area (Å²) in [4.78, 5) is 12.1. The molecule has 0 aromatic heterocycles. The van der Waals surface area contributed by atoms with Crippen molar-refractivity contribution in [1.29, 1.82) is 0 Å². The number of esters is 1. The van der Waals surface area contributed by atoms with Crippen LogP contribution in [0.25, 0.3) is 11.1 Å². The highest BCUT2D eigenvalue weighted by Gasteiger charge is 2.39. The van der Waals surface area contributed by atoms with E-state index in [1.165, 1.54) is 31.1 Å². The first-order chi connectivity index (χ1) is 12.0. The standard InChI is InChI=1S/C22H26O3/c1-15-7-6-12-22(15,2)20-14-17(21(23)25-4)10-11-19(20)16-8-5-9-18(13-16)24-3/h5,8-11,13-15H,6-7,12H2,1-4H3. The van der Waals surface area contributed by atoms with Crippen LogP contribution in [0.4, 0.5) is 0 Å². The van der Waals surface area contributed by atoms with Gasteiger partial charge in [-0.15, -0.1) is 0 Å². The second-order valence-electron chi connectivity index (χ2n) is 7.19. The number of hydrogen-bond donors (Lipinski definition) is 0. The second-order valence-corrected chi connectivity index (χ2v) is 7.19. The summed E-state index contributed by atoms with van der Waals surface area (Å²) in [6.07, 6.45) is 3.57. The Morgan fingerprint density at radius 1 is 1.16 bits per heavy atom. The van der Waals surface area contributed by atoms with Gasteiger partial charge in [-0.25, -0.2) is 4.79 Å². The molecule has 1 saturated carbocycles. The smallest absolute Gasteiger partial charge is 0.337 e. The normalized spacial score (nSPS) is 22.6. The van der Waals surface area contributed by atoms with Gasteiger partial charge in [-0.3, -0.25) is 0 Å². The Morgan fingerprint density at radius 2 is 1.96 bits per heavy atom. The van der Waals surface area contributed by atoms with Crippen LogP contribution in [0.2, 0.25) is 0 Å². The molecule has 1 aliphatic rings. The number of carbonyl (C=O) groups is 1. The van der Waals surface area contributed by atoms with Crippen LogP contribution in [0.5, 0.6) is 5.75 Å². The van der Waals surface area contributed by atoms with Crippen molar-refractivity contribution in [2.75, 3.05) is 14.2 Å². The van der Waals surface area contributed by atoms with Gasteiger partial charge in [0.25, 0.3) is 0 Å². The number of benzene rings is 2. The summed E-state index contributed by atoms with van der Waals surface area (Å²) < 4.78 is 10.3. The van der Waals surface area contributed by atoms with Gasteiger partial charge in [0.1, 0.15) is 5.75 Å². The molecule has 0 amide bonds. The van der Waals surface area contributed by atoms with E-state index < -0.39 is 0 Å². The summed E-state index contributed by atoms with van der Waals surface area (Å²) >= 11 is 0. The van der Waals surface area contributed by atoms with E-state index in [2.05, 4.69) is 26.0 Å². The van der Waals surface area contributed by atoms with Gasteiger partial charge in [0.2, 0.25) is 0 Å². The van der Waals surface area contributed by atoms with Gasteiger partial charge in [0.05, 0.1) is 19.8 Å². The summed E-state index contributed by atoms with van der Waals surface area (Å²) in [6.45, 7) is 4.64. The molecule has 2 unspecified atom stereocenters. The van der Waals surface area contributed by atoms with Gasteiger partial charge in [0.15, 0.2) is 0 Å². The van der Waals surface area contributed by atoms with Crippen molar-refractivity contribution in [3.8, 4) is 16.9 Å². The topological polar surface area (TPSA) is 35.5 Å². The van der Waals surface area contributed by atoms with Crippen molar-refractivity contribution in [1.82, 2.24) is 0 Å². The molecular weight excluding hydrogens is 312 g/mol. The zero-order valence-electron chi connectivity index (χ0n) is 15.5. The first-order valence-electron chi connectivity index (χ1n) is 8.87. The summed E-state index contributed by atoms with van der Waals surface area (Å²) in [6, 6.07) is 14.0. The molecule has 2 atom stereocenters. The van der Waals surface area contributed by atoms with E-state index in [1.54, 1.807) is 7.11 Å². The summed E-state index contributed by atoms with van der Waals surface area (Å²) in [5, 5.41) is 0. The van der Waals surface area contributed by atoms with E-state index in [4.69, 9.17) is 9.47 Å². The van der Waals surface area contributed by atoms with Gasteiger partial charge in [-0.2, -0.15) is 0 Å². The van der Waals surface area contributed by atoms with Crippen LogP contribution < -0.4 is 4.74 Å². The lowest BCUT2D eigenvalue weighted by Crippen LogP contribution is -2.26. The van der Waals surface area contributed by atoms with Crippen molar-refractivity contribution >= 4 is 5.97 Å². The monoisotopic (exact) mass is 338 g/mol. The van der Waals surface area contributed by atoms with Crippen molar-refractivity contribution in [2.45, 2.75) is 38.5 Å². The molecule has 3 heteroatoms. The minimum Gasteiger partial charge on any atom is -0.497 e. The molecule has 1 aliphatic carbocycles. The lowest BCUT2D eigenvalue weighted by atomic mass is 9.71. The molecule has 0 heterocycles. The molecule has 3 rings (SSSR count). The van der Waals surface area contributed by atoms with Crippen LogP contribution in [0.1, 0.15) is 49.0 Å². The van der Waals surface area contributed by atoms with Crippen LogP contribution >= 0.6 is 0 Å². The molecule has 0 bridgehead atoms. The average molecular weight is 338 g/mol. The molecule has 0 spiro atoms. The van der Waals surface area contributed by atoms with Gasteiger partial charge in [0, 0.05) is 0 Å². The fourth-order valence-electron chi connectivity index (χ4n) is 4.04. The Bertz CT molecular complexity index is 781. The fraction of sp³-hybridized carbons (Fsp3) is 0.409. The number of methoxy groups -OCH3 is 2. The van der Waals surface area contributed by atoms with Crippen molar-refractivity contribution in [3.05, 3.63) is 53.6 Å². The highest BCUT2D eigenvalue weighted by molar-refractivity contribution is 5.91. The lowest BCUT2D eigenvalue weighted by Gasteiger charge is -2.32. The maximum absolute atomic E-state index is 12.1. The van der Waals surface area contributed by atoms with Gasteiger partial charge >= 0.3 is 5.97 Å². The zero-order valence-corrected chi connectivity index (χ0v) is 15.5. The molecule has 1 fully saturated rings. The number of hydrogen-bond acceptors (Lipinski definition) is 3. The minimum absolute atomic E-state index is 0.0580. The SMILES string of the molecule is COC(=O)c1ccc(-c2cccc(OC)c2)c(C2(C)CCCC2C)c1. The van der Waals surface area contributed by atoms with Crippen LogP contribution in [0.3, 0.4) is 0 Å². The first kappa shape index (κ1) is 17.5. The highest BCUT2D eigenvalue weighted by atomic mass is 16.5. The van der Waals surface area contributed by atoms with Gasteiger partial charge in [-0.05, 0) is 65.1 Å². The van der Waals surface area contributed by atoms with E-state index in [9.17, 15) is 4.79 Å². The van der Waals surface area contributed by atoms with Crippen LogP contribution in [-0.4, -0.2) is 20.2 Å². The highest BCUT2D eigenvalue weighted by Crippen LogP contribution is 2.48. The Balaban J connectivity index is 2.19. The van der Waals surface area contributed by atoms with E-state index in [0.717, 1.165) is 17.7 Å². The van der Waals surface area contributed by atoms with E-state index in [1.807, 2.05) is 30.3 Å². The first-order valence-corrected chi connectivity index (χ1v) is 8.87. The molecule has 3 nitrogen and oxygen atoms in total. The third-order valence-corrected chi connectivity index (χ3v) is 5.86. The largest absolute Gasteiger partial charge is 0.497 e. The molecule has 0 aliphatic heterocycles. The van der Waals surface area contributed by atoms with Crippen molar-refractivity contribution < 1.29 is 14.3 Å². The number of ether oxygens (including phenoxy) is 2. The molecule has 2 aromatic carbocycles. The lowest BCUT2D eigenvalue weighted by molar-refractivity contribution is 0.0600. The fourth-order valence-corrected chi connectivity index (χ4v) is 4.04. The molecule has 2 aromatic rings. The second kappa shape index (κ2) is 6.91. The number of carbonyl (C=O) groups excluding carboxylic acids is 1. The van der Waals surface area contributed by atoms with Crippen LogP contribution in [0, 0.1) is 5.92 Å². The van der Waals surface area contributed by atoms with Crippen LogP contribution in [-0.2, 0) is 10.2 Å². The molecule has 132 valence electrons. The average Bonchev–Trinajstić information content (AvgIpc) is 3.00. The van der Waals surface area contributed by atoms with E-state index in [-0.39, 0.29) is 11.4 Å². The molecule has 0 saturated heterocycles. The summed E-state index contributed by atoms with van der Waals surface area (Å²) in [5.74, 6) is 1.13. The third-order valence-electron chi connectivity index (χ3n) is 5.86. The van der Waals surface area contributed by atoms with E-state index >= 15 is 0 Å². The predicted molar refractivity (Wildman–Crippen MR) is 100 cm³/mol. The van der Waals surface area contributed by atoms with E-state index in [0.29, 0.717) is 11.5 Å².